The molecule has 0 radical (unpaired) electrons. The monoisotopic (exact) mass is 242 g/mol. The molecule has 1 aromatic carbocycles. The van der Waals surface area contributed by atoms with E-state index in [9.17, 15) is 15.0 Å². The summed E-state index contributed by atoms with van der Waals surface area (Å²) in [6.07, 6.45) is -0.506. The number of phenolic OH excluding ortho intramolecular Hbond substituents is 1. The zero-order chi connectivity index (χ0) is 11.9. The molecule has 0 aromatic heterocycles. The van der Waals surface area contributed by atoms with Crippen LogP contribution in [0.2, 0.25) is 5.02 Å². The lowest BCUT2D eigenvalue weighted by Crippen LogP contribution is -2.34. The molecule has 1 aliphatic carbocycles. The average Bonchev–Trinajstić information content (AvgIpc) is 2.97. The summed E-state index contributed by atoms with van der Waals surface area (Å²) in [5.74, 6) is -1.36. The van der Waals surface area contributed by atoms with Crippen molar-refractivity contribution in [2.75, 3.05) is 0 Å². The van der Waals surface area contributed by atoms with Crippen LogP contribution in [0.15, 0.2) is 18.2 Å². The molecule has 2 rings (SSSR count). The van der Waals surface area contributed by atoms with Gasteiger partial charge in [-0.25, -0.2) is 4.79 Å². The zero-order valence-electron chi connectivity index (χ0n) is 8.35. The highest BCUT2D eigenvalue weighted by Crippen LogP contribution is 2.55. The summed E-state index contributed by atoms with van der Waals surface area (Å²) in [6, 6.07) is 4.59. The summed E-state index contributed by atoms with van der Waals surface area (Å²) >= 11 is 5.94. The fraction of sp³-hybridized carbons (Fsp3) is 0.364. The molecular weight excluding hydrogens is 232 g/mol. The fourth-order valence-corrected chi connectivity index (χ4v) is 2.39. The number of carboxylic acid groups (broad SMARTS) is 1. The van der Waals surface area contributed by atoms with Crippen LogP contribution in [-0.4, -0.2) is 27.4 Å². The number of aliphatic hydroxyl groups is 1. The van der Waals surface area contributed by atoms with E-state index in [0.29, 0.717) is 18.4 Å². The third-order valence-corrected chi connectivity index (χ3v) is 3.35. The van der Waals surface area contributed by atoms with Crippen LogP contribution in [0.1, 0.15) is 18.4 Å². The molecule has 5 heteroatoms. The normalized spacial score (nSPS) is 19.1. The topological polar surface area (TPSA) is 77.8 Å². The Bertz CT molecular complexity index is 419. The van der Waals surface area contributed by atoms with Crippen molar-refractivity contribution in [3.63, 3.8) is 0 Å². The van der Waals surface area contributed by atoms with Gasteiger partial charge in [0.1, 0.15) is 5.75 Å². The second kappa shape index (κ2) is 3.64. The summed E-state index contributed by atoms with van der Waals surface area (Å²) < 4.78 is 0. The number of carboxylic acids is 1. The van der Waals surface area contributed by atoms with Gasteiger partial charge in [-0.3, -0.25) is 0 Å². The second-order valence-electron chi connectivity index (χ2n) is 4.03. The molecule has 1 unspecified atom stereocenters. The molecule has 1 fully saturated rings. The average molecular weight is 243 g/mol. The molecule has 0 spiro atoms. The standard InChI is InChI=1S/C11H11ClO4/c12-6-2-1-3-7(13)8(6)11(4-5-11)9(14)10(15)16/h1-3,9,13-14H,4-5H2,(H,15,16). The molecule has 0 bridgehead atoms. The predicted octanol–water partition coefficient (Wildman–Crippen LogP) is 1.52. The van der Waals surface area contributed by atoms with E-state index in [-0.39, 0.29) is 10.8 Å². The Hall–Kier alpha value is -1.26. The Labute approximate surface area is 97.1 Å². The van der Waals surface area contributed by atoms with Gasteiger partial charge >= 0.3 is 5.97 Å². The first-order valence-electron chi connectivity index (χ1n) is 4.88. The van der Waals surface area contributed by atoms with E-state index < -0.39 is 17.5 Å². The Kier molecular flexibility index (Phi) is 2.56. The van der Waals surface area contributed by atoms with Gasteiger partial charge < -0.3 is 15.3 Å². The zero-order valence-corrected chi connectivity index (χ0v) is 9.11. The predicted molar refractivity (Wildman–Crippen MR) is 57.7 cm³/mol. The van der Waals surface area contributed by atoms with Crippen LogP contribution in [0.3, 0.4) is 0 Å². The highest BCUT2D eigenvalue weighted by Gasteiger charge is 2.55. The van der Waals surface area contributed by atoms with Crippen molar-refractivity contribution in [1.29, 1.82) is 0 Å². The smallest absolute Gasteiger partial charge is 0.333 e. The van der Waals surface area contributed by atoms with Crippen LogP contribution in [0.4, 0.5) is 0 Å². The van der Waals surface area contributed by atoms with Gasteiger partial charge in [-0.1, -0.05) is 17.7 Å². The molecule has 0 amide bonds. The highest BCUT2D eigenvalue weighted by atomic mass is 35.5. The Morgan fingerprint density at radius 2 is 2.06 bits per heavy atom. The Morgan fingerprint density at radius 1 is 1.44 bits per heavy atom. The van der Waals surface area contributed by atoms with Crippen LogP contribution >= 0.6 is 11.6 Å². The lowest BCUT2D eigenvalue weighted by Gasteiger charge is -2.21. The van der Waals surface area contributed by atoms with Crippen molar-refractivity contribution in [3.8, 4) is 5.75 Å². The summed E-state index contributed by atoms with van der Waals surface area (Å²) in [5, 5.41) is 28.5. The SMILES string of the molecule is O=C(O)C(O)C1(c2c(O)cccc2Cl)CC1. The minimum atomic E-state index is -1.53. The molecule has 1 aromatic rings. The quantitative estimate of drug-likeness (QED) is 0.751. The van der Waals surface area contributed by atoms with E-state index in [4.69, 9.17) is 16.7 Å². The summed E-state index contributed by atoms with van der Waals surface area (Å²) in [5.41, 5.74) is -0.583. The maximum absolute atomic E-state index is 10.8. The lowest BCUT2D eigenvalue weighted by molar-refractivity contribution is -0.148. The molecule has 0 saturated heterocycles. The van der Waals surface area contributed by atoms with Gasteiger partial charge in [-0.15, -0.1) is 0 Å². The van der Waals surface area contributed by atoms with Crippen molar-refractivity contribution in [2.24, 2.45) is 0 Å². The highest BCUT2D eigenvalue weighted by molar-refractivity contribution is 6.31. The largest absolute Gasteiger partial charge is 0.508 e. The van der Waals surface area contributed by atoms with Crippen molar-refractivity contribution < 1.29 is 20.1 Å². The van der Waals surface area contributed by atoms with Crippen molar-refractivity contribution in [1.82, 2.24) is 0 Å². The van der Waals surface area contributed by atoms with Crippen LogP contribution in [0.5, 0.6) is 5.75 Å². The van der Waals surface area contributed by atoms with Crippen molar-refractivity contribution >= 4 is 17.6 Å². The third-order valence-electron chi connectivity index (χ3n) is 3.04. The van der Waals surface area contributed by atoms with Crippen LogP contribution in [0, 0.1) is 0 Å². The number of benzene rings is 1. The Balaban J connectivity index is 2.48. The molecule has 0 heterocycles. The number of hydrogen-bond acceptors (Lipinski definition) is 3. The molecule has 1 aliphatic rings. The van der Waals surface area contributed by atoms with Gasteiger partial charge in [-0.2, -0.15) is 0 Å². The van der Waals surface area contributed by atoms with Gasteiger partial charge in [0.15, 0.2) is 6.10 Å². The van der Waals surface area contributed by atoms with E-state index in [1.807, 2.05) is 0 Å². The van der Waals surface area contributed by atoms with Gasteiger partial charge in [0.25, 0.3) is 0 Å². The second-order valence-corrected chi connectivity index (χ2v) is 4.44. The molecule has 0 aliphatic heterocycles. The van der Waals surface area contributed by atoms with Crippen LogP contribution < -0.4 is 0 Å². The minimum Gasteiger partial charge on any atom is -0.508 e. The number of aliphatic hydroxyl groups excluding tert-OH is 1. The third kappa shape index (κ3) is 1.54. The number of aliphatic carboxylic acids is 1. The molecular formula is C11H11ClO4. The fourth-order valence-electron chi connectivity index (χ4n) is 2.04. The first-order chi connectivity index (χ1) is 7.49. The maximum atomic E-state index is 10.8. The van der Waals surface area contributed by atoms with E-state index >= 15 is 0 Å². The maximum Gasteiger partial charge on any atom is 0.333 e. The molecule has 16 heavy (non-hydrogen) atoms. The molecule has 4 nitrogen and oxygen atoms in total. The Morgan fingerprint density at radius 3 is 2.50 bits per heavy atom. The number of hydrogen-bond donors (Lipinski definition) is 3. The van der Waals surface area contributed by atoms with Gasteiger partial charge in [0, 0.05) is 16.0 Å². The van der Waals surface area contributed by atoms with Gasteiger partial charge in [0.2, 0.25) is 0 Å². The van der Waals surface area contributed by atoms with Gasteiger partial charge in [0.05, 0.1) is 0 Å². The number of aromatic hydroxyl groups is 1. The number of rotatable bonds is 3. The lowest BCUT2D eigenvalue weighted by atomic mass is 9.89. The molecule has 86 valence electrons. The first kappa shape index (κ1) is 11.2. The molecule has 1 atom stereocenters. The summed E-state index contributed by atoms with van der Waals surface area (Å²) in [4.78, 5) is 10.8. The van der Waals surface area contributed by atoms with Crippen LogP contribution in [-0.2, 0) is 10.2 Å². The summed E-state index contributed by atoms with van der Waals surface area (Å²) in [7, 11) is 0. The first-order valence-corrected chi connectivity index (χ1v) is 5.25. The number of phenols is 1. The van der Waals surface area contributed by atoms with E-state index in [2.05, 4.69) is 0 Å². The van der Waals surface area contributed by atoms with Crippen molar-refractivity contribution in [3.05, 3.63) is 28.8 Å². The molecule has 3 N–H and O–H groups in total. The summed E-state index contributed by atoms with van der Waals surface area (Å²) in [6.45, 7) is 0. The number of carbonyl (C=O) groups is 1. The van der Waals surface area contributed by atoms with E-state index in [1.165, 1.54) is 6.07 Å². The molecule has 1 saturated carbocycles. The van der Waals surface area contributed by atoms with Gasteiger partial charge in [-0.05, 0) is 25.0 Å². The minimum absolute atomic E-state index is 0.0645. The van der Waals surface area contributed by atoms with Crippen LogP contribution in [0.25, 0.3) is 0 Å². The van der Waals surface area contributed by atoms with E-state index in [0.717, 1.165) is 0 Å². The van der Waals surface area contributed by atoms with E-state index in [1.54, 1.807) is 12.1 Å². The number of halogens is 1. The van der Waals surface area contributed by atoms with Crippen molar-refractivity contribution in [2.45, 2.75) is 24.4 Å².